The summed E-state index contributed by atoms with van der Waals surface area (Å²) >= 11 is 2.31. The Bertz CT molecular complexity index is 1200. The molecule has 3 aliphatic rings. The molecule has 4 nitrogen and oxygen atoms in total. The smallest absolute Gasteiger partial charge is 0.416 e. The predicted octanol–water partition coefficient (Wildman–Crippen LogP) is 6.64. The Morgan fingerprint density at radius 1 is 1.19 bits per heavy atom. The van der Waals surface area contributed by atoms with Gasteiger partial charge in [-0.1, -0.05) is 56.4 Å². The first-order valence-corrected chi connectivity index (χ1v) is 13.5. The van der Waals surface area contributed by atoms with Gasteiger partial charge < -0.3 is 14.6 Å². The zero-order valence-electron chi connectivity index (χ0n) is 20.7. The second-order valence-electron chi connectivity index (χ2n) is 11.3. The van der Waals surface area contributed by atoms with Crippen LogP contribution < -0.4 is 0 Å². The highest BCUT2D eigenvalue weighted by Crippen LogP contribution is 2.59. The fourth-order valence-electron chi connectivity index (χ4n) is 6.11. The maximum absolute atomic E-state index is 15.4. The topological polar surface area (TPSA) is 54.2 Å². The van der Waals surface area contributed by atoms with Crippen molar-refractivity contribution >= 4 is 22.6 Å². The highest BCUT2D eigenvalue weighted by atomic mass is 127. The van der Waals surface area contributed by atoms with Crippen LogP contribution in [0, 0.1) is 11.2 Å². The van der Waals surface area contributed by atoms with Crippen molar-refractivity contribution in [2.24, 2.45) is 5.41 Å². The minimum absolute atomic E-state index is 0.0236. The Balaban J connectivity index is 1.80. The Morgan fingerprint density at radius 2 is 1.92 bits per heavy atom. The Labute approximate surface area is 221 Å². The number of pyridine rings is 1. The van der Waals surface area contributed by atoms with Crippen LogP contribution in [0.15, 0.2) is 18.2 Å². The van der Waals surface area contributed by atoms with Gasteiger partial charge in [-0.3, -0.25) is 4.98 Å². The standard InChI is InChI=1S/C27H30F4INO3/c1-13(2)23-21-22(20-17(33-23)10-25(3,4)11-18(20)34)26(7-8-35-12-19(26)32)36-24(21)15-6-5-14(9-16(15)28)27(29,30)31/h5-6,9,13,18-19,24,34H,7-8,10-12H2,1-4H3/p+1. The van der Waals surface area contributed by atoms with Crippen LogP contribution in [0.2, 0.25) is 0 Å². The molecule has 196 valence electrons. The summed E-state index contributed by atoms with van der Waals surface area (Å²) in [6.45, 7) is 9.19. The molecule has 4 unspecified atom stereocenters. The van der Waals surface area contributed by atoms with Gasteiger partial charge in [0.05, 0.1) is 27.4 Å². The molecule has 1 fully saturated rings. The molecule has 1 aromatic carbocycles. The Kier molecular flexibility index (Phi) is 6.49. The van der Waals surface area contributed by atoms with Crippen molar-refractivity contribution in [1.29, 1.82) is 0 Å². The average Bonchev–Trinajstić information content (AvgIpc) is 3.09. The minimum Gasteiger partial charge on any atom is -0.440 e. The maximum Gasteiger partial charge on any atom is 0.416 e. The van der Waals surface area contributed by atoms with E-state index < -0.39 is 35.4 Å². The van der Waals surface area contributed by atoms with Crippen molar-refractivity contribution in [3.63, 3.8) is 0 Å². The van der Waals surface area contributed by atoms with Crippen LogP contribution in [0.3, 0.4) is 0 Å². The molecule has 1 aliphatic carbocycles. The van der Waals surface area contributed by atoms with Crippen molar-refractivity contribution < 1.29 is 32.1 Å². The van der Waals surface area contributed by atoms with Crippen molar-refractivity contribution in [3.05, 3.63) is 63.2 Å². The van der Waals surface area contributed by atoms with E-state index in [1.165, 1.54) is 6.07 Å². The normalized spacial score (nSPS) is 29.5. The van der Waals surface area contributed by atoms with E-state index in [9.17, 15) is 13.2 Å². The molecule has 1 saturated heterocycles. The zero-order valence-corrected chi connectivity index (χ0v) is 22.9. The van der Waals surface area contributed by atoms with Crippen LogP contribution in [0.25, 0.3) is 0 Å². The Morgan fingerprint density at radius 3 is 2.53 bits per heavy atom. The third-order valence-corrected chi connectivity index (χ3v) is 9.06. The van der Waals surface area contributed by atoms with Crippen LogP contribution in [0.1, 0.15) is 97.9 Å². The molecule has 1 spiro atoms. The first-order chi connectivity index (χ1) is 16.7. The molecule has 2 N–H and O–H groups in total. The number of aromatic nitrogens is 1. The monoisotopic (exact) mass is 620 g/mol. The fraction of sp³-hybridized carbons (Fsp3) is 0.593. The van der Waals surface area contributed by atoms with Gasteiger partial charge in [0.15, 0.2) is 6.10 Å². The molecule has 0 amide bonds. The molecular weight excluding hydrogens is 589 g/mol. The third-order valence-electron chi connectivity index (χ3n) is 7.69. The van der Waals surface area contributed by atoms with Gasteiger partial charge in [-0.25, -0.2) is 4.39 Å². The van der Waals surface area contributed by atoms with E-state index >= 15 is 4.39 Å². The van der Waals surface area contributed by atoms with E-state index in [4.69, 9.17) is 19.6 Å². The SMILES string of the molecule is CC(C)c1nc2c(c3c1C(c1ccc(C(F)(F)F)cc1F)OC31CCOCC1I)C([OH2+])CC(C)(C)C2. The summed E-state index contributed by atoms with van der Waals surface area (Å²) in [7, 11) is 0. The largest absolute Gasteiger partial charge is 0.440 e. The Hall–Kier alpha value is -1.30. The zero-order chi connectivity index (χ0) is 26.2. The quantitative estimate of drug-likeness (QED) is 0.164. The lowest BCUT2D eigenvalue weighted by Crippen LogP contribution is -2.45. The highest BCUT2D eigenvalue weighted by Gasteiger charge is 2.57. The van der Waals surface area contributed by atoms with Crippen molar-refractivity contribution in [2.45, 2.75) is 80.8 Å². The molecule has 2 aliphatic heterocycles. The number of ether oxygens (including phenoxy) is 2. The van der Waals surface area contributed by atoms with Crippen LogP contribution in [0.4, 0.5) is 17.6 Å². The van der Waals surface area contributed by atoms with E-state index in [0.717, 1.165) is 40.6 Å². The summed E-state index contributed by atoms with van der Waals surface area (Å²) in [4.78, 5) is 5.06. The van der Waals surface area contributed by atoms with Gasteiger partial charge >= 0.3 is 6.18 Å². The highest BCUT2D eigenvalue weighted by molar-refractivity contribution is 14.1. The summed E-state index contributed by atoms with van der Waals surface area (Å²) < 4.78 is 67.6. The van der Waals surface area contributed by atoms with Crippen molar-refractivity contribution in [1.82, 2.24) is 4.98 Å². The van der Waals surface area contributed by atoms with Crippen LogP contribution in [-0.4, -0.2) is 27.2 Å². The molecule has 0 saturated carbocycles. The average molecular weight is 620 g/mol. The summed E-state index contributed by atoms with van der Waals surface area (Å²) in [5.74, 6) is -0.976. The molecule has 36 heavy (non-hydrogen) atoms. The van der Waals surface area contributed by atoms with E-state index in [2.05, 4.69) is 36.4 Å². The van der Waals surface area contributed by atoms with E-state index in [-0.39, 0.29) is 20.8 Å². The van der Waals surface area contributed by atoms with Crippen molar-refractivity contribution in [3.8, 4) is 0 Å². The second-order valence-corrected chi connectivity index (χ2v) is 12.8. The lowest BCUT2D eigenvalue weighted by Gasteiger charge is -2.41. The molecule has 0 radical (unpaired) electrons. The van der Waals surface area contributed by atoms with E-state index in [0.29, 0.717) is 32.1 Å². The molecule has 3 heterocycles. The summed E-state index contributed by atoms with van der Waals surface area (Å²) in [6, 6.07) is 2.65. The minimum atomic E-state index is -4.64. The maximum atomic E-state index is 15.4. The van der Waals surface area contributed by atoms with Gasteiger partial charge in [-0.15, -0.1) is 0 Å². The van der Waals surface area contributed by atoms with Gasteiger partial charge in [0.2, 0.25) is 0 Å². The van der Waals surface area contributed by atoms with Gasteiger partial charge in [-0.2, -0.15) is 13.2 Å². The number of alkyl halides is 4. The molecule has 4 atom stereocenters. The number of hydrogen-bond acceptors (Lipinski definition) is 3. The van der Waals surface area contributed by atoms with Crippen molar-refractivity contribution in [2.75, 3.05) is 13.2 Å². The van der Waals surface area contributed by atoms with Gasteiger partial charge in [0, 0.05) is 41.8 Å². The number of benzene rings is 1. The number of fused-ring (bicyclic) bond motifs is 4. The number of nitrogens with zero attached hydrogens (tertiary/aromatic N) is 1. The third kappa shape index (κ3) is 4.18. The molecule has 2 aromatic rings. The summed E-state index contributed by atoms with van der Waals surface area (Å²) in [5.41, 5.74) is 2.26. The fourth-order valence-corrected chi connectivity index (χ4v) is 7.14. The van der Waals surface area contributed by atoms with Gasteiger partial charge in [0.25, 0.3) is 0 Å². The first kappa shape index (κ1) is 26.3. The second kappa shape index (κ2) is 8.88. The van der Waals surface area contributed by atoms with Crippen LogP contribution >= 0.6 is 22.6 Å². The molecule has 9 heteroatoms. The summed E-state index contributed by atoms with van der Waals surface area (Å²) in [5, 5.41) is 9.10. The van der Waals surface area contributed by atoms with Gasteiger partial charge in [-0.05, 0) is 29.9 Å². The molecule has 1 aromatic heterocycles. The van der Waals surface area contributed by atoms with E-state index in [1.807, 2.05) is 13.8 Å². The van der Waals surface area contributed by atoms with E-state index in [1.54, 1.807) is 0 Å². The number of rotatable bonds is 2. The van der Waals surface area contributed by atoms with Crippen LogP contribution in [0.5, 0.6) is 0 Å². The lowest BCUT2D eigenvalue weighted by atomic mass is 9.70. The van der Waals surface area contributed by atoms with Crippen LogP contribution in [-0.2, 0) is 27.7 Å². The molecular formula is C27H31F4INO3+. The number of halogens is 5. The molecule has 5 rings (SSSR count). The molecule has 0 bridgehead atoms. The summed E-state index contributed by atoms with van der Waals surface area (Å²) in [6.07, 6.45) is -4.16. The predicted molar refractivity (Wildman–Crippen MR) is 136 cm³/mol. The van der Waals surface area contributed by atoms with Gasteiger partial charge in [0.1, 0.15) is 17.5 Å². The first-order valence-electron chi connectivity index (χ1n) is 12.3. The lowest BCUT2D eigenvalue weighted by molar-refractivity contribution is -0.138. The number of hydrogen-bond donors (Lipinski definition) is 0.